The molecule has 0 amide bonds. The Morgan fingerprint density at radius 3 is 2.63 bits per heavy atom. The van der Waals surface area contributed by atoms with Gasteiger partial charge in [0.25, 0.3) is 0 Å². The molecule has 2 rings (SSSR count). The van der Waals surface area contributed by atoms with E-state index >= 15 is 0 Å². The minimum absolute atomic E-state index is 0.0235. The van der Waals surface area contributed by atoms with Crippen molar-refractivity contribution in [2.45, 2.75) is 32.2 Å². The molecule has 1 unspecified atom stereocenters. The smallest absolute Gasteiger partial charge is 0.305 e. The third-order valence-electron chi connectivity index (χ3n) is 3.75. The number of carboxylic acid groups (broad SMARTS) is 1. The van der Waals surface area contributed by atoms with Crippen LogP contribution in [0.1, 0.15) is 36.4 Å². The maximum atomic E-state index is 11.1. The van der Waals surface area contributed by atoms with Gasteiger partial charge < -0.3 is 9.84 Å². The molecule has 1 aromatic rings. The second-order valence-corrected chi connectivity index (χ2v) is 5.09. The van der Waals surface area contributed by atoms with Crippen LogP contribution in [0.2, 0.25) is 0 Å². The van der Waals surface area contributed by atoms with Crippen molar-refractivity contribution in [3.63, 3.8) is 0 Å². The van der Waals surface area contributed by atoms with E-state index in [9.17, 15) is 4.79 Å². The fourth-order valence-electron chi connectivity index (χ4n) is 2.79. The summed E-state index contributed by atoms with van der Waals surface area (Å²) in [6.45, 7) is 3.97. The number of methoxy groups -OCH3 is 1. The molecule has 1 saturated heterocycles. The summed E-state index contributed by atoms with van der Waals surface area (Å²) in [4.78, 5) is 13.4. The van der Waals surface area contributed by atoms with Gasteiger partial charge in [-0.15, -0.1) is 0 Å². The number of carbonyl (C=O) groups is 1. The molecule has 1 N–H and O–H groups in total. The third kappa shape index (κ3) is 3.26. The lowest BCUT2D eigenvalue weighted by Crippen LogP contribution is -2.27. The summed E-state index contributed by atoms with van der Waals surface area (Å²) >= 11 is 0. The molecule has 0 radical (unpaired) electrons. The lowest BCUT2D eigenvalue weighted by atomic mass is 10.00. The normalized spacial score (nSPS) is 17.4. The number of likely N-dealkylation sites (tertiary alicyclic amines) is 1. The molecular formula is C15H21NO3. The van der Waals surface area contributed by atoms with E-state index in [4.69, 9.17) is 9.84 Å². The first-order chi connectivity index (χ1) is 9.11. The van der Waals surface area contributed by atoms with E-state index in [0.717, 1.165) is 42.8 Å². The molecule has 0 spiro atoms. The minimum atomic E-state index is -0.745. The maximum Gasteiger partial charge on any atom is 0.305 e. The van der Waals surface area contributed by atoms with Crippen LogP contribution >= 0.6 is 0 Å². The van der Waals surface area contributed by atoms with E-state index in [1.165, 1.54) is 0 Å². The second-order valence-electron chi connectivity index (χ2n) is 5.09. The summed E-state index contributed by atoms with van der Waals surface area (Å²) in [5.74, 6) is 0.101. The van der Waals surface area contributed by atoms with E-state index < -0.39 is 5.97 Å². The molecule has 1 atom stereocenters. The zero-order chi connectivity index (χ0) is 13.8. The fourth-order valence-corrected chi connectivity index (χ4v) is 2.79. The average Bonchev–Trinajstić information content (AvgIpc) is 2.89. The van der Waals surface area contributed by atoms with Crippen LogP contribution in [0.3, 0.4) is 0 Å². The van der Waals surface area contributed by atoms with Gasteiger partial charge in [0, 0.05) is 6.04 Å². The summed E-state index contributed by atoms with van der Waals surface area (Å²) in [6.07, 6.45) is 2.47. The highest BCUT2D eigenvalue weighted by Gasteiger charge is 2.25. The number of benzene rings is 1. The number of rotatable bonds is 5. The van der Waals surface area contributed by atoms with Crippen molar-refractivity contribution in [3.8, 4) is 5.75 Å². The molecule has 19 heavy (non-hydrogen) atoms. The maximum absolute atomic E-state index is 11.1. The Morgan fingerprint density at radius 1 is 1.42 bits per heavy atom. The Labute approximate surface area is 114 Å². The highest BCUT2D eigenvalue weighted by molar-refractivity contribution is 5.68. The summed E-state index contributed by atoms with van der Waals surface area (Å²) < 4.78 is 5.26. The number of aliphatic carboxylic acids is 1. The van der Waals surface area contributed by atoms with Gasteiger partial charge in [0.05, 0.1) is 13.5 Å². The molecule has 1 aromatic carbocycles. The van der Waals surface area contributed by atoms with Gasteiger partial charge in [-0.25, -0.2) is 0 Å². The summed E-state index contributed by atoms with van der Waals surface area (Å²) in [7, 11) is 1.65. The fraction of sp³-hybridized carbons (Fsp3) is 0.533. The van der Waals surface area contributed by atoms with Crippen LogP contribution < -0.4 is 4.74 Å². The number of hydrogen-bond acceptors (Lipinski definition) is 3. The zero-order valence-corrected chi connectivity index (χ0v) is 11.6. The lowest BCUT2D eigenvalue weighted by Gasteiger charge is -2.27. The number of hydrogen-bond donors (Lipinski definition) is 1. The minimum Gasteiger partial charge on any atom is -0.496 e. The number of ether oxygens (including phenoxy) is 1. The first-order valence-corrected chi connectivity index (χ1v) is 6.72. The Bertz CT molecular complexity index is 453. The van der Waals surface area contributed by atoms with Crippen molar-refractivity contribution in [2.24, 2.45) is 0 Å². The molecule has 1 aliphatic heterocycles. The number of nitrogens with zero attached hydrogens (tertiary/aromatic N) is 1. The van der Waals surface area contributed by atoms with Gasteiger partial charge in [-0.2, -0.15) is 0 Å². The molecule has 1 heterocycles. The van der Waals surface area contributed by atoms with Crippen LogP contribution in [0.5, 0.6) is 5.75 Å². The Morgan fingerprint density at radius 2 is 2.11 bits per heavy atom. The Kier molecular flexibility index (Phi) is 4.43. The second kappa shape index (κ2) is 6.06. The van der Waals surface area contributed by atoms with Crippen molar-refractivity contribution in [2.75, 3.05) is 20.2 Å². The van der Waals surface area contributed by atoms with Crippen molar-refractivity contribution < 1.29 is 14.6 Å². The average molecular weight is 263 g/mol. The molecule has 0 saturated carbocycles. The van der Waals surface area contributed by atoms with E-state index in [0.29, 0.717) is 0 Å². The monoisotopic (exact) mass is 263 g/mol. The molecule has 0 bridgehead atoms. The first-order valence-electron chi connectivity index (χ1n) is 6.72. The molecule has 1 aliphatic rings. The van der Waals surface area contributed by atoms with Crippen molar-refractivity contribution in [1.82, 2.24) is 4.90 Å². The van der Waals surface area contributed by atoms with Gasteiger partial charge in [-0.05, 0) is 50.0 Å². The number of carboxylic acids is 1. The predicted octanol–water partition coefficient (Wildman–Crippen LogP) is 2.62. The predicted molar refractivity (Wildman–Crippen MR) is 73.5 cm³/mol. The van der Waals surface area contributed by atoms with Gasteiger partial charge in [0.15, 0.2) is 0 Å². The summed E-state index contributed by atoms with van der Waals surface area (Å²) in [6, 6.07) is 5.93. The van der Waals surface area contributed by atoms with E-state index in [2.05, 4.69) is 4.90 Å². The van der Waals surface area contributed by atoms with Crippen LogP contribution in [0.15, 0.2) is 18.2 Å². The van der Waals surface area contributed by atoms with Crippen LogP contribution in [0, 0.1) is 6.92 Å². The van der Waals surface area contributed by atoms with E-state index in [1.807, 2.05) is 25.1 Å². The van der Waals surface area contributed by atoms with Crippen molar-refractivity contribution in [3.05, 3.63) is 29.3 Å². The largest absolute Gasteiger partial charge is 0.496 e. The Balaban J connectivity index is 2.26. The standard InChI is InChI=1S/C15H21NO3/c1-11-9-12(5-6-14(11)19-2)13(10-15(17)18)16-7-3-4-8-16/h5-6,9,13H,3-4,7-8,10H2,1-2H3,(H,17,18). The SMILES string of the molecule is COc1ccc(C(CC(=O)O)N2CCCC2)cc1C. The summed E-state index contributed by atoms with van der Waals surface area (Å²) in [5.41, 5.74) is 2.12. The van der Waals surface area contributed by atoms with E-state index in [-0.39, 0.29) is 12.5 Å². The van der Waals surface area contributed by atoms with Gasteiger partial charge in [0.2, 0.25) is 0 Å². The molecule has 1 fully saturated rings. The zero-order valence-electron chi connectivity index (χ0n) is 11.6. The van der Waals surface area contributed by atoms with Gasteiger partial charge in [-0.1, -0.05) is 12.1 Å². The molecular weight excluding hydrogens is 242 g/mol. The third-order valence-corrected chi connectivity index (χ3v) is 3.75. The molecule has 104 valence electrons. The highest BCUT2D eigenvalue weighted by atomic mass is 16.5. The summed E-state index contributed by atoms with van der Waals surface area (Å²) in [5, 5.41) is 9.12. The highest BCUT2D eigenvalue weighted by Crippen LogP contribution is 2.30. The van der Waals surface area contributed by atoms with Gasteiger partial charge >= 0.3 is 5.97 Å². The van der Waals surface area contributed by atoms with Crippen molar-refractivity contribution in [1.29, 1.82) is 0 Å². The van der Waals surface area contributed by atoms with Gasteiger partial charge in [0.1, 0.15) is 5.75 Å². The molecule has 0 aromatic heterocycles. The van der Waals surface area contributed by atoms with Crippen molar-refractivity contribution >= 4 is 5.97 Å². The van der Waals surface area contributed by atoms with Crippen LogP contribution in [0.4, 0.5) is 0 Å². The van der Waals surface area contributed by atoms with Crippen LogP contribution in [-0.2, 0) is 4.79 Å². The van der Waals surface area contributed by atoms with Crippen LogP contribution in [-0.4, -0.2) is 36.2 Å². The quantitative estimate of drug-likeness (QED) is 0.887. The molecule has 4 nitrogen and oxygen atoms in total. The first kappa shape index (κ1) is 13.9. The van der Waals surface area contributed by atoms with Gasteiger partial charge in [-0.3, -0.25) is 9.69 Å². The molecule has 0 aliphatic carbocycles. The Hall–Kier alpha value is -1.55. The van der Waals surface area contributed by atoms with E-state index in [1.54, 1.807) is 7.11 Å². The van der Waals surface area contributed by atoms with Crippen LogP contribution in [0.25, 0.3) is 0 Å². The number of aryl methyl sites for hydroxylation is 1. The lowest BCUT2D eigenvalue weighted by molar-refractivity contribution is -0.138. The molecule has 4 heteroatoms. The topological polar surface area (TPSA) is 49.8 Å².